The largest absolute Gasteiger partial charge is 0.455 e. The number of thiophene rings is 1. The molecule has 0 unspecified atom stereocenters. The molecule has 0 N–H and O–H groups in total. The molecule has 0 amide bonds. The van der Waals surface area contributed by atoms with E-state index in [4.69, 9.17) is 4.42 Å². The van der Waals surface area contributed by atoms with Crippen molar-refractivity contribution in [2.24, 2.45) is 0 Å². The summed E-state index contributed by atoms with van der Waals surface area (Å²) in [5, 5.41) is 7.13. The summed E-state index contributed by atoms with van der Waals surface area (Å²) in [7, 11) is 0. The molecule has 8 aromatic carbocycles. The predicted molar refractivity (Wildman–Crippen MR) is 210 cm³/mol. The molecule has 0 saturated carbocycles. The van der Waals surface area contributed by atoms with Crippen molar-refractivity contribution in [2.75, 3.05) is 4.90 Å². The van der Waals surface area contributed by atoms with Crippen LogP contribution in [0.15, 0.2) is 180 Å². The van der Waals surface area contributed by atoms with Crippen molar-refractivity contribution in [1.29, 1.82) is 0 Å². The van der Waals surface area contributed by atoms with Crippen LogP contribution in [0.5, 0.6) is 0 Å². The Morgan fingerprint density at radius 2 is 1.14 bits per heavy atom. The van der Waals surface area contributed by atoms with Crippen LogP contribution in [0.2, 0.25) is 0 Å². The molecule has 0 aliphatic carbocycles. The second-order valence-electron chi connectivity index (χ2n) is 12.5. The number of hydrogen-bond donors (Lipinski definition) is 0. The van der Waals surface area contributed by atoms with Gasteiger partial charge in [-0.1, -0.05) is 121 Å². The average Bonchev–Trinajstić information content (AvgIpc) is 3.74. The van der Waals surface area contributed by atoms with Gasteiger partial charge in [0.25, 0.3) is 0 Å². The first-order chi connectivity index (χ1) is 24.3. The van der Waals surface area contributed by atoms with Crippen LogP contribution in [0.1, 0.15) is 0 Å². The molecule has 2 aromatic heterocycles. The van der Waals surface area contributed by atoms with Gasteiger partial charge in [0.1, 0.15) is 11.2 Å². The third-order valence-corrected chi connectivity index (χ3v) is 10.8. The third-order valence-electron chi connectivity index (χ3n) is 9.65. The molecule has 0 radical (unpaired) electrons. The monoisotopic (exact) mass is 643 g/mol. The summed E-state index contributed by atoms with van der Waals surface area (Å²) < 4.78 is 9.22. The Kier molecular flexibility index (Phi) is 6.39. The van der Waals surface area contributed by atoms with Gasteiger partial charge < -0.3 is 9.32 Å². The summed E-state index contributed by atoms with van der Waals surface area (Å²) in [5.41, 5.74) is 9.80. The number of hydrogen-bond acceptors (Lipinski definition) is 3. The zero-order valence-corrected chi connectivity index (χ0v) is 27.3. The van der Waals surface area contributed by atoms with Crippen LogP contribution in [0.3, 0.4) is 0 Å². The molecule has 2 nitrogen and oxygen atoms in total. The Bertz CT molecular complexity index is 2840. The minimum atomic E-state index is 0.891. The van der Waals surface area contributed by atoms with Crippen molar-refractivity contribution in [3.8, 4) is 22.3 Å². The Balaban J connectivity index is 1.24. The summed E-state index contributed by atoms with van der Waals surface area (Å²) in [6.07, 6.45) is 0. The molecule has 230 valence electrons. The Morgan fingerprint density at radius 1 is 0.429 bits per heavy atom. The normalized spacial score (nSPS) is 11.7. The van der Waals surface area contributed by atoms with E-state index in [1.165, 1.54) is 36.7 Å². The van der Waals surface area contributed by atoms with E-state index in [0.717, 1.165) is 55.5 Å². The number of benzene rings is 8. The highest BCUT2D eigenvalue weighted by molar-refractivity contribution is 7.25. The van der Waals surface area contributed by atoms with E-state index in [1.807, 2.05) is 11.3 Å². The SMILES string of the molecule is c1ccc(-c2cccc(N(c3ccc4sc5ccccc5c4c3)c3ccccc3-c3cccc4oc5c6ccccc6ccc5c34)c2)cc1. The van der Waals surface area contributed by atoms with E-state index >= 15 is 0 Å². The molecule has 49 heavy (non-hydrogen) atoms. The van der Waals surface area contributed by atoms with Gasteiger partial charge in [0.05, 0.1) is 5.69 Å². The van der Waals surface area contributed by atoms with Gasteiger partial charge >= 0.3 is 0 Å². The van der Waals surface area contributed by atoms with E-state index in [0.29, 0.717) is 0 Å². The van der Waals surface area contributed by atoms with Crippen molar-refractivity contribution in [2.45, 2.75) is 0 Å². The van der Waals surface area contributed by atoms with Gasteiger partial charge in [-0.25, -0.2) is 0 Å². The van der Waals surface area contributed by atoms with Crippen LogP contribution in [-0.4, -0.2) is 0 Å². The molecule has 2 heterocycles. The number of nitrogens with zero attached hydrogens (tertiary/aromatic N) is 1. The van der Waals surface area contributed by atoms with Crippen LogP contribution < -0.4 is 4.90 Å². The molecule has 10 aromatic rings. The number of para-hydroxylation sites is 1. The zero-order valence-electron chi connectivity index (χ0n) is 26.5. The number of furan rings is 1. The van der Waals surface area contributed by atoms with Gasteiger partial charge in [-0.05, 0) is 76.7 Å². The van der Waals surface area contributed by atoms with Crippen molar-refractivity contribution in [1.82, 2.24) is 0 Å². The molecule has 3 heteroatoms. The van der Waals surface area contributed by atoms with E-state index in [-0.39, 0.29) is 0 Å². The van der Waals surface area contributed by atoms with Gasteiger partial charge in [0, 0.05) is 53.3 Å². The highest BCUT2D eigenvalue weighted by atomic mass is 32.1. The van der Waals surface area contributed by atoms with E-state index in [1.54, 1.807) is 0 Å². The molecule has 0 atom stereocenters. The lowest BCUT2D eigenvalue weighted by molar-refractivity contribution is 0.673. The lowest BCUT2D eigenvalue weighted by atomic mass is 9.96. The molecule has 10 rings (SSSR count). The summed E-state index contributed by atoms with van der Waals surface area (Å²) in [5.74, 6) is 0. The van der Waals surface area contributed by atoms with Crippen molar-refractivity contribution < 1.29 is 4.42 Å². The first-order valence-corrected chi connectivity index (χ1v) is 17.4. The number of anilines is 3. The summed E-state index contributed by atoms with van der Waals surface area (Å²) in [4.78, 5) is 2.42. The Labute approximate surface area is 287 Å². The lowest BCUT2D eigenvalue weighted by Gasteiger charge is -2.28. The molecular weight excluding hydrogens is 615 g/mol. The zero-order chi connectivity index (χ0) is 32.3. The summed E-state index contributed by atoms with van der Waals surface area (Å²) in [6.45, 7) is 0. The lowest BCUT2D eigenvalue weighted by Crippen LogP contribution is -2.11. The standard InChI is InChI=1S/C46H29NOS/c1-2-12-30(13-3-1)32-15-10-16-33(28-32)47(34-25-27-44-40(29-34)37-19-7-9-23-43(37)49-44)41-21-8-6-18-36(41)38-20-11-22-42-45(38)39-26-24-31-14-4-5-17-35(31)46(39)48-42/h1-29H. The maximum Gasteiger partial charge on any atom is 0.143 e. The van der Waals surface area contributed by atoms with Crippen LogP contribution in [0, 0.1) is 0 Å². The van der Waals surface area contributed by atoms with Gasteiger partial charge in [-0.15, -0.1) is 11.3 Å². The minimum absolute atomic E-state index is 0.891. The highest BCUT2D eigenvalue weighted by Gasteiger charge is 2.22. The van der Waals surface area contributed by atoms with Gasteiger partial charge in [0.2, 0.25) is 0 Å². The predicted octanol–water partition coefficient (Wildman–Crippen LogP) is 13.9. The van der Waals surface area contributed by atoms with Crippen LogP contribution in [0.4, 0.5) is 17.1 Å². The second kappa shape index (κ2) is 11.2. The van der Waals surface area contributed by atoms with Crippen molar-refractivity contribution >= 4 is 81.3 Å². The van der Waals surface area contributed by atoms with E-state index in [2.05, 4.69) is 181 Å². The molecule has 0 spiro atoms. The molecule has 0 saturated heterocycles. The number of rotatable bonds is 5. The fourth-order valence-electron chi connectivity index (χ4n) is 7.41. The third kappa shape index (κ3) is 4.55. The average molecular weight is 644 g/mol. The van der Waals surface area contributed by atoms with Gasteiger partial charge in [0.15, 0.2) is 0 Å². The summed E-state index contributed by atoms with van der Waals surface area (Å²) >= 11 is 1.85. The van der Waals surface area contributed by atoms with Gasteiger partial charge in [-0.2, -0.15) is 0 Å². The highest BCUT2D eigenvalue weighted by Crippen LogP contribution is 2.47. The first-order valence-electron chi connectivity index (χ1n) is 16.6. The maximum absolute atomic E-state index is 6.63. The fraction of sp³-hybridized carbons (Fsp3) is 0. The molecular formula is C46H29NOS. The second-order valence-corrected chi connectivity index (χ2v) is 13.6. The maximum atomic E-state index is 6.63. The summed E-state index contributed by atoms with van der Waals surface area (Å²) in [6, 6.07) is 63.2. The minimum Gasteiger partial charge on any atom is -0.455 e. The van der Waals surface area contributed by atoms with E-state index in [9.17, 15) is 0 Å². The van der Waals surface area contributed by atoms with Crippen molar-refractivity contribution in [3.05, 3.63) is 176 Å². The quantitative estimate of drug-likeness (QED) is 0.186. The topological polar surface area (TPSA) is 16.4 Å². The van der Waals surface area contributed by atoms with Crippen LogP contribution in [0.25, 0.3) is 75.1 Å². The van der Waals surface area contributed by atoms with Crippen molar-refractivity contribution in [3.63, 3.8) is 0 Å². The molecule has 0 aliphatic rings. The van der Waals surface area contributed by atoms with Crippen LogP contribution in [-0.2, 0) is 0 Å². The smallest absolute Gasteiger partial charge is 0.143 e. The van der Waals surface area contributed by atoms with Crippen LogP contribution >= 0.6 is 11.3 Å². The van der Waals surface area contributed by atoms with E-state index < -0.39 is 0 Å². The Morgan fingerprint density at radius 3 is 2.08 bits per heavy atom. The molecule has 0 bridgehead atoms. The molecule has 0 fully saturated rings. The molecule has 0 aliphatic heterocycles. The fourth-order valence-corrected chi connectivity index (χ4v) is 8.50. The number of fused-ring (bicyclic) bond motifs is 8. The Hall–Kier alpha value is -6.16. The first kappa shape index (κ1) is 27.9. The van der Waals surface area contributed by atoms with Gasteiger partial charge in [-0.3, -0.25) is 0 Å².